The zero-order valence-electron chi connectivity index (χ0n) is 18.6. The monoisotopic (exact) mass is 479 g/mol. The molecule has 1 aromatic heterocycles. The average Bonchev–Trinajstić information content (AvgIpc) is 2.84. The van der Waals surface area contributed by atoms with Crippen molar-refractivity contribution in [1.29, 1.82) is 0 Å². The van der Waals surface area contributed by atoms with E-state index >= 15 is 0 Å². The van der Waals surface area contributed by atoms with Gasteiger partial charge in [-0.1, -0.05) is 0 Å². The molecule has 0 radical (unpaired) electrons. The van der Waals surface area contributed by atoms with Gasteiger partial charge in [-0.3, -0.25) is 9.80 Å². The molecule has 0 spiro atoms. The maximum Gasteiger partial charge on any atom is 0.343 e. The molecule has 0 atom stereocenters. The summed E-state index contributed by atoms with van der Waals surface area (Å²) in [5, 5.41) is 10.7. The van der Waals surface area contributed by atoms with E-state index in [0.717, 1.165) is 13.1 Å². The molecule has 180 valence electrons. The first kappa shape index (κ1) is 23.7. The van der Waals surface area contributed by atoms with Crippen LogP contribution in [0.1, 0.15) is 11.1 Å². The second kappa shape index (κ2) is 10.2. The van der Waals surface area contributed by atoms with E-state index in [0.29, 0.717) is 44.2 Å². The molecule has 2 aliphatic heterocycles. The maximum atomic E-state index is 12.9. The standard InChI is InChI=1S/C22H29N3O7S/c1-30-18-2-4-19(5-3-18)33(28,29)25-8-6-23(7-9-25)15-20-21(26)17(16-32-22(20)27)14-24-10-12-31-13-11-24/h2-5,16,26H,6-15H2,1H3. The lowest BCUT2D eigenvalue weighted by atomic mass is 10.1. The SMILES string of the molecule is COc1ccc(S(=O)(=O)N2CCN(Cc3c(O)c(CN4CCOCC4)coc3=O)CC2)cc1. The van der Waals surface area contributed by atoms with E-state index in [4.69, 9.17) is 13.9 Å². The molecular weight excluding hydrogens is 450 g/mol. The van der Waals surface area contributed by atoms with Gasteiger partial charge in [0.1, 0.15) is 17.8 Å². The van der Waals surface area contributed by atoms with Gasteiger partial charge in [-0.2, -0.15) is 4.31 Å². The van der Waals surface area contributed by atoms with Crippen molar-refractivity contribution in [2.24, 2.45) is 0 Å². The lowest BCUT2D eigenvalue weighted by Gasteiger charge is -2.34. The first-order valence-electron chi connectivity index (χ1n) is 10.9. The number of aromatic hydroxyl groups is 1. The third-order valence-corrected chi connectivity index (χ3v) is 7.97. The highest BCUT2D eigenvalue weighted by Gasteiger charge is 2.29. The van der Waals surface area contributed by atoms with Gasteiger partial charge >= 0.3 is 5.63 Å². The summed E-state index contributed by atoms with van der Waals surface area (Å²) in [6.07, 6.45) is 1.32. The summed E-state index contributed by atoms with van der Waals surface area (Å²) in [6.45, 7) is 4.87. The Labute approximate surface area is 193 Å². The predicted octanol–water partition coefficient (Wildman–Crippen LogP) is 0.693. The van der Waals surface area contributed by atoms with Crippen molar-refractivity contribution in [1.82, 2.24) is 14.1 Å². The van der Waals surface area contributed by atoms with E-state index in [1.807, 2.05) is 4.90 Å². The van der Waals surface area contributed by atoms with Crippen molar-refractivity contribution in [2.45, 2.75) is 18.0 Å². The molecular formula is C22H29N3O7S. The number of hydrogen-bond donors (Lipinski definition) is 1. The molecule has 2 saturated heterocycles. The van der Waals surface area contributed by atoms with Crippen LogP contribution in [0.4, 0.5) is 0 Å². The highest BCUT2D eigenvalue weighted by Crippen LogP contribution is 2.25. The number of methoxy groups -OCH3 is 1. The zero-order valence-corrected chi connectivity index (χ0v) is 19.4. The molecule has 33 heavy (non-hydrogen) atoms. The van der Waals surface area contributed by atoms with Crippen molar-refractivity contribution in [3.63, 3.8) is 0 Å². The summed E-state index contributed by atoms with van der Waals surface area (Å²) in [6, 6.07) is 6.30. The van der Waals surface area contributed by atoms with Crippen LogP contribution in [0.15, 0.2) is 44.6 Å². The van der Waals surface area contributed by atoms with Crippen LogP contribution in [-0.4, -0.2) is 87.2 Å². The Morgan fingerprint density at radius 1 is 0.970 bits per heavy atom. The molecule has 1 aromatic carbocycles. The molecule has 2 fully saturated rings. The van der Waals surface area contributed by atoms with Crippen molar-refractivity contribution >= 4 is 10.0 Å². The molecule has 0 amide bonds. The molecule has 0 aliphatic carbocycles. The molecule has 2 aliphatic rings. The van der Waals surface area contributed by atoms with Crippen molar-refractivity contribution < 1.29 is 27.4 Å². The van der Waals surface area contributed by atoms with Crippen LogP contribution in [-0.2, 0) is 27.8 Å². The lowest BCUT2D eigenvalue weighted by Crippen LogP contribution is -2.48. The predicted molar refractivity (Wildman–Crippen MR) is 120 cm³/mol. The highest BCUT2D eigenvalue weighted by atomic mass is 32.2. The molecule has 2 aromatic rings. The number of sulfonamides is 1. The molecule has 11 heteroatoms. The average molecular weight is 480 g/mol. The van der Waals surface area contributed by atoms with Gasteiger partial charge in [-0.15, -0.1) is 0 Å². The maximum absolute atomic E-state index is 12.9. The van der Waals surface area contributed by atoms with Crippen LogP contribution >= 0.6 is 0 Å². The van der Waals surface area contributed by atoms with Crippen molar-refractivity contribution in [3.05, 3.63) is 52.1 Å². The van der Waals surface area contributed by atoms with E-state index in [-0.39, 0.29) is 35.8 Å². The normalized spacial score (nSPS) is 18.9. The van der Waals surface area contributed by atoms with Gasteiger partial charge in [0.15, 0.2) is 0 Å². The summed E-state index contributed by atoms with van der Waals surface area (Å²) < 4.78 is 42.9. The molecule has 0 unspecified atom stereocenters. The fraction of sp³-hybridized carbons (Fsp3) is 0.500. The summed E-state index contributed by atoms with van der Waals surface area (Å²) in [7, 11) is -2.09. The smallest absolute Gasteiger partial charge is 0.343 e. The van der Waals surface area contributed by atoms with E-state index in [9.17, 15) is 18.3 Å². The number of morpholine rings is 1. The van der Waals surface area contributed by atoms with Gasteiger partial charge in [-0.25, -0.2) is 13.2 Å². The Balaban J connectivity index is 1.40. The van der Waals surface area contributed by atoms with Gasteiger partial charge in [-0.05, 0) is 24.3 Å². The molecule has 4 rings (SSSR count). The quantitative estimate of drug-likeness (QED) is 0.613. The minimum absolute atomic E-state index is 0.0500. The molecule has 0 bridgehead atoms. The summed E-state index contributed by atoms with van der Waals surface area (Å²) in [5.74, 6) is 0.541. The van der Waals surface area contributed by atoms with Crippen LogP contribution < -0.4 is 10.4 Å². The van der Waals surface area contributed by atoms with E-state index in [2.05, 4.69) is 4.90 Å². The number of benzene rings is 1. The summed E-state index contributed by atoms with van der Waals surface area (Å²) in [5.41, 5.74) is 0.186. The van der Waals surface area contributed by atoms with Crippen LogP contribution in [0, 0.1) is 0 Å². The van der Waals surface area contributed by atoms with Crippen LogP contribution in [0.3, 0.4) is 0 Å². The second-order valence-electron chi connectivity index (χ2n) is 8.12. The highest BCUT2D eigenvalue weighted by molar-refractivity contribution is 7.89. The molecule has 1 N–H and O–H groups in total. The Bertz CT molecular complexity index is 1100. The first-order chi connectivity index (χ1) is 15.9. The Morgan fingerprint density at radius 2 is 1.61 bits per heavy atom. The molecule has 10 nitrogen and oxygen atoms in total. The lowest BCUT2D eigenvalue weighted by molar-refractivity contribution is 0.0335. The topological polar surface area (TPSA) is 113 Å². The first-order valence-corrected chi connectivity index (χ1v) is 12.3. The zero-order chi connectivity index (χ0) is 23.4. The number of nitrogens with zero attached hydrogens (tertiary/aromatic N) is 3. The number of piperazine rings is 1. The summed E-state index contributed by atoms with van der Waals surface area (Å²) >= 11 is 0. The number of rotatable bonds is 7. The third kappa shape index (κ3) is 5.39. The van der Waals surface area contributed by atoms with Crippen molar-refractivity contribution in [2.75, 3.05) is 59.6 Å². The van der Waals surface area contributed by atoms with Gasteiger partial charge in [0.05, 0.1) is 30.8 Å². The van der Waals surface area contributed by atoms with Gasteiger partial charge < -0.3 is 19.0 Å². The van der Waals surface area contributed by atoms with Crippen LogP contribution in [0.5, 0.6) is 11.5 Å². The second-order valence-corrected chi connectivity index (χ2v) is 10.1. The Hall–Kier alpha value is -2.44. The minimum Gasteiger partial charge on any atom is -0.507 e. The van der Waals surface area contributed by atoms with E-state index in [1.165, 1.54) is 29.8 Å². The van der Waals surface area contributed by atoms with Gasteiger partial charge in [0, 0.05) is 57.9 Å². The minimum atomic E-state index is -3.62. The Kier molecular flexibility index (Phi) is 7.35. The van der Waals surface area contributed by atoms with Gasteiger partial charge in [0.2, 0.25) is 10.0 Å². The fourth-order valence-electron chi connectivity index (χ4n) is 4.04. The van der Waals surface area contributed by atoms with Crippen LogP contribution in [0.25, 0.3) is 0 Å². The van der Waals surface area contributed by atoms with E-state index in [1.54, 1.807) is 12.1 Å². The summed E-state index contributed by atoms with van der Waals surface area (Å²) in [4.78, 5) is 16.6. The fourth-order valence-corrected chi connectivity index (χ4v) is 5.46. The largest absolute Gasteiger partial charge is 0.507 e. The molecule has 3 heterocycles. The molecule has 0 saturated carbocycles. The van der Waals surface area contributed by atoms with Gasteiger partial charge in [0.25, 0.3) is 0 Å². The number of ether oxygens (including phenoxy) is 2. The third-order valence-electron chi connectivity index (χ3n) is 6.05. The van der Waals surface area contributed by atoms with Crippen molar-refractivity contribution in [3.8, 4) is 11.5 Å². The Morgan fingerprint density at radius 3 is 2.24 bits per heavy atom. The van der Waals surface area contributed by atoms with E-state index < -0.39 is 15.6 Å². The number of hydrogen-bond acceptors (Lipinski definition) is 9. The van der Waals surface area contributed by atoms with Crippen LogP contribution in [0.2, 0.25) is 0 Å².